The third kappa shape index (κ3) is 10.5. The van der Waals surface area contributed by atoms with Crippen molar-refractivity contribution in [2.24, 2.45) is 5.92 Å². The topological polar surface area (TPSA) is 109 Å². The van der Waals surface area contributed by atoms with Gasteiger partial charge in [0.05, 0.1) is 31.6 Å². The molecule has 0 amide bonds. The van der Waals surface area contributed by atoms with Gasteiger partial charge in [0, 0.05) is 44.7 Å². The van der Waals surface area contributed by atoms with Gasteiger partial charge in [0.2, 0.25) is 10.0 Å². The molecule has 1 atom stereocenters. The molecule has 1 saturated heterocycles. The molecule has 5 rings (SSSR count). The van der Waals surface area contributed by atoms with Crippen molar-refractivity contribution in [2.75, 3.05) is 52.3 Å². The number of halogens is 4. The molecule has 0 bridgehead atoms. The average Bonchev–Trinajstić information content (AvgIpc) is 3.88. The number of morpholine rings is 1. The monoisotopic (exact) mass is 728 g/mol. The summed E-state index contributed by atoms with van der Waals surface area (Å²) in [6, 6.07) is 10.9. The van der Waals surface area contributed by atoms with Crippen molar-refractivity contribution >= 4 is 39.2 Å². The summed E-state index contributed by atoms with van der Waals surface area (Å²) in [5.74, 6) is -0.347. The maximum Gasteiger partial charge on any atom is 0.387 e. The molecule has 260 valence electrons. The van der Waals surface area contributed by atoms with Crippen LogP contribution in [0.15, 0.2) is 54.9 Å². The van der Waals surface area contributed by atoms with E-state index in [1.54, 1.807) is 36.7 Å². The van der Waals surface area contributed by atoms with Crippen LogP contribution in [-0.2, 0) is 32.5 Å². The van der Waals surface area contributed by atoms with Crippen LogP contribution in [0.4, 0.5) is 8.78 Å². The van der Waals surface area contributed by atoms with E-state index in [1.165, 1.54) is 28.8 Å². The van der Waals surface area contributed by atoms with Gasteiger partial charge in [-0.2, -0.15) is 13.1 Å². The second kappa shape index (κ2) is 16.6. The molecule has 0 radical (unpaired) electrons. The number of sulfonamides is 1. The zero-order valence-electron chi connectivity index (χ0n) is 26.4. The van der Waals surface area contributed by atoms with Crippen molar-refractivity contribution in [1.29, 1.82) is 0 Å². The molecule has 1 aliphatic carbocycles. The number of carbonyl (C=O) groups is 1. The van der Waals surface area contributed by atoms with Crippen LogP contribution in [0.5, 0.6) is 11.5 Å². The van der Waals surface area contributed by atoms with Crippen LogP contribution >= 0.6 is 23.2 Å². The van der Waals surface area contributed by atoms with Gasteiger partial charge >= 0.3 is 12.6 Å². The number of carbonyl (C=O) groups excluding carboxylic acids is 1. The number of esters is 1. The van der Waals surface area contributed by atoms with Gasteiger partial charge in [-0.1, -0.05) is 41.4 Å². The Labute approximate surface area is 288 Å². The number of hydrogen-bond acceptors (Lipinski definition) is 8. The van der Waals surface area contributed by atoms with E-state index in [4.69, 9.17) is 37.4 Å². The van der Waals surface area contributed by atoms with E-state index in [9.17, 15) is 22.0 Å². The quantitative estimate of drug-likeness (QED) is 0.180. The smallest absolute Gasteiger partial charge is 0.387 e. The molecule has 2 heterocycles. The Morgan fingerprint density at radius 2 is 1.75 bits per heavy atom. The molecule has 1 N–H and O–H groups in total. The van der Waals surface area contributed by atoms with Crippen LogP contribution in [0.3, 0.4) is 0 Å². The normalized spacial score (nSPS) is 16.2. The minimum atomic E-state index is -3.49. The number of aromatic nitrogens is 1. The summed E-state index contributed by atoms with van der Waals surface area (Å²) in [5.41, 5.74) is 1.89. The molecule has 2 aliphatic rings. The first-order chi connectivity index (χ1) is 23.0. The van der Waals surface area contributed by atoms with E-state index in [2.05, 4.69) is 14.6 Å². The summed E-state index contributed by atoms with van der Waals surface area (Å²) in [6.45, 7) is 1.07. The van der Waals surface area contributed by atoms with Gasteiger partial charge in [0.1, 0.15) is 16.1 Å². The Bertz CT molecular complexity index is 1640. The number of hydrogen-bond donors (Lipinski definition) is 0. The van der Waals surface area contributed by atoms with Crippen LogP contribution in [0, 0.1) is 5.92 Å². The van der Waals surface area contributed by atoms with E-state index in [0.29, 0.717) is 65.6 Å². The van der Waals surface area contributed by atoms with Gasteiger partial charge < -0.3 is 18.9 Å². The summed E-state index contributed by atoms with van der Waals surface area (Å²) in [4.78, 5) is 18.5. The Morgan fingerprint density at radius 3 is 2.38 bits per heavy atom. The van der Waals surface area contributed by atoms with Gasteiger partial charge in [-0.3, -0.25) is 4.90 Å². The van der Waals surface area contributed by atoms with Crippen LogP contribution in [0.2, 0.25) is 10.0 Å². The minimum Gasteiger partial charge on any atom is -0.489 e. The first-order valence-electron chi connectivity index (χ1n) is 15.6. The lowest BCUT2D eigenvalue weighted by Gasteiger charge is -2.29. The number of ether oxygens (including phenoxy) is 4. The van der Waals surface area contributed by atoms with Crippen molar-refractivity contribution in [2.45, 2.75) is 38.5 Å². The van der Waals surface area contributed by atoms with E-state index in [-0.39, 0.29) is 30.0 Å². The fourth-order valence-corrected chi connectivity index (χ4v) is 6.52. The van der Waals surface area contributed by atoms with Crippen LogP contribution < -0.4 is 14.5 Å². The second-order valence-electron chi connectivity index (χ2n) is 11.8. The Kier molecular flexibility index (Phi) is 12.5. The molecule has 2 aromatic carbocycles. The van der Waals surface area contributed by atoms with Crippen molar-refractivity contribution in [1.82, 2.24) is 9.21 Å². The zero-order valence-corrected chi connectivity index (χ0v) is 28.7. The number of rotatable bonds is 16. The molecule has 1 aliphatic heterocycles. The first-order valence-corrected chi connectivity index (χ1v) is 18.2. The molecule has 1 saturated carbocycles. The molecule has 0 spiro atoms. The minimum absolute atomic E-state index is 0.0692. The lowest BCUT2D eigenvalue weighted by Crippen LogP contribution is -2.42. The fraction of sp³-hybridized carbons (Fsp3) is 0.455. The number of aromatic amines is 1. The second-order valence-corrected chi connectivity index (χ2v) is 14.6. The molecule has 10 nitrogen and oxygen atoms in total. The largest absolute Gasteiger partial charge is 0.489 e. The van der Waals surface area contributed by atoms with Gasteiger partial charge in [0.15, 0.2) is 23.9 Å². The van der Waals surface area contributed by atoms with E-state index in [1.807, 2.05) is 0 Å². The SMILES string of the molecule is CS(=O)(=O)N(CCN1CCOCC1)Cc1ccc(C(=O)O[C@@H](Cc2c(Cl)c[nH+]cc2Cl)c2ccc(OC(F)F)c(OCC3CC3)c2)cc1. The predicted molar refractivity (Wildman–Crippen MR) is 175 cm³/mol. The van der Waals surface area contributed by atoms with Gasteiger partial charge in [-0.05, 0) is 54.2 Å². The fourth-order valence-electron chi connectivity index (χ4n) is 5.19. The lowest BCUT2D eigenvalue weighted by molar-refractivity contribution is -0.377. The highest BCUT2D eigenvalue weighted by Gasteiger charge is 2.27. The predicted octanol–water partition coefficient (Wildman–Crippen LogP) is 5.43. The van der Waals surface area contributed by atoms with Gasteiger partial charge in [-0.25, -0.2) is 18.2 Å². The van der Waals surface area contributed by atoms with Crippen LogP contribution in [-0.4, -0.2) is 82.5 Å². The zero-order chi connectivity index (χ0) is 34.3. The maximum absolute atomic E-state index is 13.5. The van der Waals surface area contributed by atoms with Crippen molar-refractivity contribution in [3.05, 3.63) is 87.2 Å². The number of nitrogens with zero attached hydrogens (tertiary/aromatic N) is 2. The van der Waals surface area contributed by atoms with Crippen molar-refractivity contribution in [3.63, 3.8) is 0 Å². The highest BCUT2D eigenvalue weighted by Crippen LogP contribution is 2.38. The highest BCUT2D eigenvalue weighted by atomic mass is 35.5. The Balaban J connectivity index is 1.34. The number of alkyl halides is 2. The lowest BCUT2D eigenvalue weighted by atomic mass is 10.0. The summed E-state index contributed by atoms with van der Waals surface area (Å²) in [5, 5.41) is 0.639. The number of benzene rings is 2. The molecule has 15 heteroatoms. The van der Waals surface area contributed by atoms with Gasteiger partial charge in [0.25, 0.3) is 0 Å². The molecule has 1 aromatic heterocycles. The standard InChI is InChI=1S/C33H37Cl2F2N3O7S/c1-48(42,43)40(11-10-39-12-14-44-15-13-39)20-22-4-6-24(7-5-22)32(41)46-30(17-26-27(34)18-38-19-28(26)35)25-8-9-29(47-33(36)37)31(16-25)45-21-23-2-3-23/h4-9,16,18-19,23,30,33H,2-3,10-15,17,20-21H2,1H3/p+1/t30-/m0/s1. The van der Waals surface area contributed by atoms with Crippen LogP contribution in [0.1, 0.15) is 46.0 Å². The molecular weight excluding hydrogens is 691 g/mol. The third-order valence-electron chi connectivity index (χ3n) is 8.15. The number of H-pyrrole nitrogens is 1. The third-order valence-corrected chi connectivity index (χ3v) is 10.1. The molecule has 2 fully saturated rings. The summed E-state index contributed by atoms with van der Waals surface area (Å²) in [7, 11) is -3.49. The van der Waals surface area contributed by atoms with Crippen molar-refractivity contribution < 1.29 is 45.9 Å². The molecule has 3 aromatic rings. The van der Waals surface area contributed by atoms with E-state index >= 15 is 0 Å². The number of nitrogens with one attached hydrogen (secondary N) is 1. The first kappa shape index (κ1) is 36.2. The maximum atomic E-state index is 13.5. The summed E-state index contributed by atoms with van der Waals surface area (Å²) >= 11 is 12.9. The molecule has 48 heavy (non-hydrogen) atoms. The Hall–Kier alpha value is -3.07. The van der Waals surface area contributed by atoms with E-state index in [0.717, 1.165) is 25.9 Å². The highest BCUT2D eigenvalue weighted by molar-refractivity contribution is 7.88. The molecule has 0 unspecified atom stereocenters. The average molecular weight is 730 g/mol. The summed E-state index contributed by atoms with van der Waals surface area (Å²) < 4.78 is 74.7. The van der Waals surface area contributed by atoms with E-state index < -0.39 is 28.7 Å². The Morgan fingerprint density at radius 1 is 1.06 bits per heavy atom. The molecular formula is C33H38Cl2F2N3O7S+. The summed E-state index contributed by atoms with van der Waals surface area (Å²) in [6.07, 6.45) is 5.38. The van der Waals surface area contributed by atoms with Crippen LogP contribution in [0.25, 0.3) is 0 Å². The number of pyridine rings is 1. The van der Waals surface area contributed by atoms with Gasteiger partial charge in [-0.15, -0.1) is 0 Å². The van der Waals surface area contributed by atoms with Crippen molar-refractivity contribution in [3.8, 4) is 11.5 Å².